The monoisotopic (exact) mass is 512 g/mol. The molecular formula is C25H21ClN2O4S2. The number of thiazole rings is 1. The minimum atomic E-state index is -3.46. The summed E-state index contributed by atoms with van der Waals surface area (Å²) >= 11 is 7.12. The predicted octanol–water partition coefficient (Wildman–Crippen LogP) is 6.45. The highest BCUT2D eigenvalue weighted by molar-refractivity contribution is 7.91. The second kappa shape index (κ2) is 10.8. The number of amides is 1. The van der Waals surface area contributed by atoms with Crippen molar-refractivity contribution in [1.29, 1.82) is 0 Å². The molecule has 174 valence electrons. The number of carbonyl (C=O) groups excluding carboxylic acids is 1. The highest BCUT2D eigenvalue weighted by Gasteiger charge is 2.15. The Kier molecular flexibility index (Phi) is 7.62. The fourth-order valence-electron chi connectivity index (χ4n) is 3.15. The molecule has 0 aliphatic rings. The molecule has 0 unspecified atom stereocenters. The number of sulfone groups is 1. The van der Waals surface area contributed by atoms with Gasteiger partial charge in [-0.3, -0.25) is 4.79 Å². The van der Waals surface area contributed by atoms with Gasteiger partial charge in [0.15, 0.2) is 15.0 Å². The van der Waals surface area contributed by atoms with Crippen molar-refractivity contribution in [3.63, 3.8) is 0 Å². The lowest BCUT2D eigenvalue weighted by atomic mass is 10.2. The van der Waals surface area contributed by atoms with Crippen LogP contribution in [0.2, 0.25) is 5.02 Å². The largest absolute Gasteiger partial charge is 0.457 e. The van der Waals surface area contributed by atoms with Gasteiger partial charge in [-0.1, -0.05) is 29.8 Å². The molecule has 0 aliphatic carbocycles. The average molecular weight is 513 g/mol. The second-order valence-electron chi connectivity index (χ2n) is 7.40. The van der Waals surface area contributed by atoms with Crippen molar-refractivity contribution in [2.75, 3.05) is 11.1 Å². The Morgan fingerprint density at radius 2 is 1.62 bits per heavy atom. The molecule has 1 N–H and O–H groups in total. The number of anilines is 1. The third kappa shape index (κ3) is 6.44. The first-order valence-electron chi connectivity index (χ1n) is 10.5. The summed E-state index contributed by atoms with van der Waals surface area (Å²) in [6.07, 6.45) is 0.283. The zero-order valence-electron chi connectivity index (χ0n) is 18.0. The van der Waals surface area contributed by atoms with Crippen LogP contribution in [0.3, 0.4) is 0 Å². The van der Waals surface area contributed by atoms with Gasteiger partial charge in [-0.25, -0.2) is 13.4 Å². The standard InChI is InChI=1S/C25H21ClN2O4S2/c26-19-10-14-22(15-11-19)34(30,31)16-4-7-24(29)28-25-27-23(17-33-25)18-8-12-21(13-9-18)32-20-5-2-1-3-6-20/h1-3,5-6,8-15,17H,4,7,16H2,(H,27,28,29). The molecule has 0 spiro atoms. The molecule has 0 aliphatic heterocycles. The van der Waals surface area contributed by atoms with Crippen molar-refractivity contribution in [2.24, 2.45) is 0 Å². The smallest absolute Gasteiger partial charge is 0.226 e. The lowest BCUT2D eigenvalue weighted by molar-refractivity contribution is -0.116. The zero-order valence-corrected chi connectivity index (χ0v) is 20.4. The number of ether oxygens (including phenoxy) is 1. The summed E-state index contributed by atoms with van der Waals surface area (Å²) in [5.41, 5.74) is 1.63. The molecule has 0 bridgehead atoms. The van der Waals surface area contributed by atoms with E-state index in [-0.39, 0.29) is 29.4 Å². The highest BCUT2D eigenvalue weighted by atomic mass is 35.5. The Labute approximate surface area is 207 Å². The van der Waals surface area contributed by atoms with E-state index in [1.165, 1.54) is 35.6 Å². The maximum absolute atomic E-state index is 12.4. The van der Waals surface area contributed by atoms with Gasteiger partial charge in [0.2, 0.25) is 5.91 Å². The number of carbonyl (C=O) groups is 1. The number of halogens is 1. The van der Waals surface area contributed by atoms with Crippen molar-refractivity contribution >= 4 is 43.8 Å². The highest BCUT2D eigenvalue weighted by Crippen LogP contribution is 2.28. The SMILES string of the molecule is O=C(CCCS(=O)(=O)c1ccc(Cl)cc1)Nc1nc(-c2ccc(Oc3ccccc3)cc2)cs1. The minimum absolute atomic E-state index is 0.0766. The zero-order chi connectivity index (χ0) is 24.0. The predicted molar refractivity (Wildman–Crippen MR) is 135 cm³/mol. The second-order valence-corrected chi connectivity index (χ2v) is 10.8. The Morgan fingerprint density at radius 1 is 0.941 bits per heavy atom. The van der Waals surface area contributed by atoms with Gasteiger partial charge >= 0.3 is 0 Å². The molecular weight excluding hydrogens is 492 g/mol. The Hall–Kier alpha value is -3.20. The van der Waals surface area contributed by atoms with Gasteiger partial charge < -0.3 is 10.1 Å². The van der Waals surface area contributed by atoms with E-state index < -0.39 is 9.84 Å². The number of para-hydroxylation sites is 1. The van der Waals surface area contributed by atoms with E-state index in [1.807, 2.05) is 60.0 Å². The number of nitrogens with one attached hydrogen (secondary N) is 1. The van der Waals surface area contributed by atoms with Gasteiger partial charge in [-0.05, 0) is 67.1 Å². The molecule has 1 aromatic heterocycles. The molecule has 4 aromatic rings. The molecule has 1 amide bonds. The van der Waals surface area contributed by atoms with Gasteiger partial charge in [0.25, 0.3) is 0 Å². The molecule has 9 heteroatoms. The van der Waals surface area contributed by atoms with Crippen LogP contribution in [0.15, 0.2) is 89.1 Å². The van der Waals surface area contributed by atoms with Crippen LogP contribution in [0, 0.1) is 0 Å². The van der Waals surface area contributed by atoms with Gasteiger partial charge in [-0.15, -0.1) is 11.3 Å². The summed E-state index contributed by atoms with van der Waals surface area (Å²) in [5, 5.41) is 5.53. The maximum Gasteiger partial charge on any atom is 0.226 e. The lowest BCUT2D eigenvalue weighted by Gasteiger charge is -2.06. The molecule has 34 heavy (non-hydrogen) atoms. The van der Waals surface area contributed by atoms with E-state index in [1.54, 1.807) is 0 Å². The number of hydrogen-bond acceptors (Lipinski definition) is 6. The molecule has 0 fully saturated rings. The van der Waals surface area contributed by atoms with E-state index in [0.717, 1.165) is 17.0 Å². The third-order valence-electron chi connectivity index (χ3n) is 4.87. The fraction of sp³-hybridized carbons (Fsp3) is 0.120. The van der Waals surface area contributed by atoms with Crippen molar-refractivity contribution in [3.8, 4) is 22.8 Å². The summed E-state index contributed by atoms with van der Waals surface area (Å²) in [4.78, 5) is 16.9. The summed E-state index contributed by atoms with van der Waals surface area (Å²) < 4.78 is 30.6. The van der Waals surface area contributed by atoms with E-state index in [2.05, 4.69) is 10.3 Å². The first-order chi connectivity index (χ1) is 16.4. The van der Waals surface area contributed by atoms with Crippen molar-refractivity contribution in [1.82, 2.24) is 4.98 Å². The summed E-state index contributed by atoms with van der Waals surface area (Å²) in [6, 6.07) is 23.1. The molecule has 0 atom stereocenters. The molecule has 6 nitrogen and oxygen atoms in total. The molecule has 0 saturated heterocycles. The fourth-order valence-corrected chi connectivity index (χ4v) is 5.32. The molecule has 1 heterocycles. The molecule has 0 radical (unpaired) electrons. The van der Waals surface area contributed by atoms with Crippen LogP contribution >= 0.6 is 22.9 Å². The van der Waals surface area contributed by atoms with Crippen LogP contribution in [-0.4, -0.2) is 25.1 Å². The van der Waals surface area contributed by atoms with E-state index in [4.69, 9.17) is 16.3 Å². The van der Waals surface area contributed by atoms with E-state index >= 15 is 0 Å². The first-order valence-corrected chi connectivity index (χ1v) is 13.4. The Bertz CT molecular complexity index is 1350. The minimum Gasteiger partial charge on any atom is -0.457 e. The van der Waals surface area contributed by atoms with E-state index in [0.29, 0.717) is 15.9 Å². The Morgan fingerprint density at radius 3 is 2.32 bits per heavy atom. The van der Waals surface area contributed by atoms with Crippen LogP contribution in [0.5, 0.6) is 11.5 Å². The van der Waals surface area contributed by atoms with Crippen LogP contribution in [0.25, 0.3) is 11.3 Å². The number of rotatable bonds is 9. The normalized spacial score (nSPS) is 11.2. The summed E-state index contributed by atoms with van der Waals surface area (Å²) in [5.74, 6) is 1.07. The first kappa shape index (κ1) is 23.9. The van der Waals surface area contributed by atoms with Gasteiger partial charge in [-0.2, -0.15) is 0 Å². The number of hydrogen-bond donors (Lipinski definition) is 1. The molecule has 3 aromatic carbocycles. The summed E-state index contributed by atoms with van der Waals surface area (Å²) in [7, 11) is -3.46. The Balaban J connectivity index is 1.28. The third-order valence-corrected chi connectivity index (χ3v) is 7.70. The van der Waals surface area contributed by atoms with Crippen molar-refractivity contribution in [2.45, 2.75) is 17.7 Å². The quantitative estimate of drug-likeness (QED) is 0.278. The average Bonchev–Trinajstić information content (AvgIpc) is 3.29. The number of nitrogens with zero attached hydrogens (tertiary/aromatic N) is 1. The van der Waals surface area contributed by atoms with Gasteiger partial charge in [0.05, 0.1) is 16.3 Å². The maximum atomic E-state index is 12.4. The van der Waals surface area contributed by atoms with E-state index in [9.17, 15) is 13.2 Å². The van der Waals surface area contributed by atoms with Crippen molar-refractivity contribution in [3.05, 3.63) is 89.3 Å². The van der Waals surface area contributed by atoms with Crippen molar-refractivity contribution < 1.29 is 17.9 Å². The van der Waals surface area contributed by atoms with Crippen LogP contribution < -0.4 is 10.1 Å². The van der Waals surface area contributed by atoms with Crippen LogP contribution in [0.1, 0.15) is 12.8 Å². The lowest BCUT2D eigenvalue weighted by Crippen LogP contribution is -2.14. The van der Waals surface area contributed by atoms with Crippen LogP contribution in [-0.2, 0) is 14.6 Å². The summed E-state index contributed by atoms with van der Waals surface area (Å²) in [6.45, 7) is 0. The topological polar surface area (TPSA) is 85.4 Å². The molecule has 4 rings (SSSR count). The van der Waals surface area contributed by atoms with Gasteiger partial charge in [0, 0.05) is 22.4 Å². The number of aromatic nitrogens is 1. The number of benzene rings is 3. The molecule has 0 saturated carbocycles. The van der Waals surface area contributed by atoms with Gasteiger partial charge in [0.1, 0.15) is 11.5 Å². The van der Waals surface area contributed by atoms with Crippen LogP contribution in [0.4, 0.5) is 5.13 Å².